The van der Waals surface area contributed by atoms with Crippen molar-refractivity contribution in [1.29, 1.82) is 0 Å². The van der Waals surface area contributed by atoms with Gasteiger partial charge in [-0.05, 0) is 44.5 Å². The van der Waals surface area contributed by atoms with Gasteiger partial charge in [-0.2, -0.15) is 0 Å². The number of nitrogens with zero attached hydrogens (tertiary/aromatic N) is 2. The zero-order chi connectivity index (χ0) is 22.3. The van der Waals surface area contributed by atoms with Gasteiger partial charge in [0.2, 0.25) is 0 Å². The third kappa shape index (κ3) is 2.07. The average molecular weight is 449 g/mol. The summed E-state index contributed by atoms with van der Waals surface area (Å²) in [5, 5.41) is 0. The highest BCUT2D eigenvalue weighted by atomic mass is 16.5. The SMILES string of the molecule is c1ccc2c(c1)C1=C3C2(N2CCOCC2)c2ccccc2C3(N2CCOCC2)c2ccccc21. The molecule has 0 bridgehead atoms. The van der Waals surface area contributed by atoms with Crippen LogP contribution in [0.3, 0.4) is 0 Å². The molecule has 4 heteroatoms. The van der Waals surface area contributed by atoms with E-state index in [4.69, 9.17) is 9.47 Å². The van der Waals surface area contributed by atoms with E-state index in [0.29, 0.717) is 0 Å². The third-order valence-electron chi connectivity index (χ3n) is 8.82. The summed E-state index contributed by atoms with van der Waals surface area (Å²) >= 11 is 0. The van der Waals surface area contributed by atoms with Gasteiger partial charge in [0, 0.05) is 26.2 Å². The Labute approximate surface area is 200 Å². The van der Waals surface area contributed by atoms with Gasteiger partial charge in [0.25, 0.3) is 0 Å². The van der Waals surface area contributed by atoms with Gasteiger partial charge in [-0.25, -0.2) is 0 Å². The average Bonchev–Trinajstić information content (AvgIpc) is 3.50. The number of fused-ring (bicyclic) bond motifs is 9. The van der Waals surface area contributed by atoms with Crippen LogP contribution in [0.5, 0.6) is 0 Å². The Morgan fingerprint density at radius 1 is 0.500 bits per heavy atom. The molecule has 8 rings (SSSR count). The maximum absolute atomic E-state index is 5.87. The van der Waals surface area contributed by atoms with E-state index in [2.05, 4.69) is 82.6 Å². The molecule has 0 saturated carbocycles. The number of benzene rings is 3. The Morgan fingerprint density at radius 3 is 1.32 bits per heavy atom. The monoisotopic (exact) mass is 448 g/mol. The van der Waals surface area contributed by atoms with Crippen molar-refractivity contribution in [1.82, 2.24) is 9.80 Å². The summed E-state index contributed by atoms with van der Waals surface area (Å²) in [6.07, 6.45) is 0. The number of rotatable bonds is 2. The van der Waals surface area contributed by atoms with Gasteiger partial charge < -0.3 is 9.47 Å². The Balaban J connectivity index is 1.55. The highest BCUT2D eigenvalue weighted by molar-refractivity contribution is 6.01. The second kappa shape index (κ2) is 6.89. The Morgan fingerprint density at radius 2 is 0.882 bits per heavy atom. The van der Waals surface area contributed by atoms with Crippen LogP contribution >= 0.6 is 0 Å². The molecule has 2 unspecified atom stereocenters. The Bertz CT molecular complexity index is 1250. The standard InChI is InChI=1S/C30H28N2O2/c1-3-9-23-21(7-1)27-22-8-2-4-10-24(22)30(32-15-19-34-20-16-32)26-12-6-5-11-25(26)29(23,28(27)30)31-13-17-33-18-14-31/h1-12H,13-20H2. The van der Waals surface area contributed by atoms with Crippen LogP contribution in [0.15, 0.2) is 78.4 Å². The minimum Gasteiger partial charge on any atom is -0.379 e. The summed E-state index contributed by atoms with van der Waals surface area (Å²) in [6.45, 7) is 6.89. The lowest BCUT2D eigenvalue weighted by Gasteiger charge is -2.48. The molecular weight excluding hydrogens is 420 g/mol. The van der Waals surface area contributed by atoms with E-state index in [0.717, 1.165) is 52.6 Å². The van der Waals surface area contributed by atoms with E-state index in [1.807, 2.05) is 0 Å². The molecule has 0 aromatic heterocycles. The molecule has 2 fully saturated rings. The molecule has 5 aliphatic rings. The van der Waals surface area contributed by atoms with Gasteiger partial charge in [-0.1, -0.05) is 72.8 Å². The summed E-state index contributed by atoms with van der Waals surface area (Å²) in [5.74, 6) is 0. The van der Waals surface area contributed by atoms with E-state index in [1.165, 1.54) is 39.0 Å². The second-order valence-electron chi connectivity index (χ2n) is 10.0. The molecule has 2 atom stereocenters. The highest BCUT2D eigenvalue weighted by Crippen LogP contribution is 2.72. The first-order valence-electron chi connectivity index (χ1n) is 12.6. The predicted octanol–water partition coefficient (Wildman–Crippen LogP) is 3.98. The molecule has 3 aromatic rings. The van der Waals surface area contributed by atoms with Crippen molar-refractivity contribution in [2.24, 2.45) is 0 Å². The van der Waals surface area contributed by atoms with Crippen molar-refractivity contribution < 1.29 is 9.47 Å². The van der Waals surface area contributed by atoms with Crippen LogP contribution < -0.4 is 0 Å². The molecule has 0 amide bonds. The molecule has 0 N–H and O–H groups in total. The molecule has 4 nitrogen and oxygen atoms in total. The largest absolute Gasteiger partial charge is 0.379 e. The zero-order valence-electron chi connectivity index (χ0n) is 19.3. The Kier molecular flexibility index (Phi) is 3.96. The van der Waals surface area contributed by atoms with Crippen LogP contribution in [0.4, 0.5) is 0 Å². The van der Waals surface area contributed by atoms with Crippen molar-refractivity contribution in [2.75, 3.05) is 52.6 Å². The van der Waals surface area contributed by atoms with Crippen molar-refractivity contribution >= 4 is 5.57 Å². The topological polar surface area (TPSA) is 24.9 Å². The molecule has 2 saturated heterocycles. The van der Waals surface area contributed by atoms with E-state index >= 15 is 0 Å². The second-order valence-corrected chi connectivity index (χ2v) is 10.0. The van der Waals surface area contributed by atoms with Crippen LogP contribution in [0.1, 0.15) is 33.4 Å². The van der Waals surface area contributed by atoms with Gasteiger partial charge >= 0.3 is 0 Å². The summed E-state index contributed by atoms with van der Waals surface area (Å²) in [7, 11) is 0. The van der Waals surface area contributed by atoms with Crippen LogP contribution in [0, 0.1) is 0 Å². The fraction of sp³-hybridized carbons (Fsp3) is 0.333. The number of hydrogen-bond donors (Lipinski definition) is 0. The van der Waals surface area contributed by atoms with E-state index in [-0.39, 0.29) is 11.1 Å². The van der Waals surface area contributed by atoms with Gasteiger partial charge in [0.1, 0.15) is 0 Å². The molecule has 2 heterocycles. The van der Waals surface area contributed by atoms with Crippen LogP contribution in [0.2, 0.25) is 0 Å². The maximum atomic E-state index is 5.87. The smallest absolute Gasteiger partial charge is 0.0977 e. The fourth-order valence-corrected chi connectivity index (χ4v) is 7.81. The normalized spacial score (nSPS) is 29.6. The molecule has 3 aliphatic carbocycles. The third-order valence-corrected chi connectivity index (χ3v) is 8.82. The number of morpholine rings is 2. The van der Waals surface area contributed by atoms with Crippen LogP contribution in [0.25, 0.3) is 5.57 Å². The molecule has 2 aliphatic heterocycles. The molecular formula is C30H28N2O2. The summed E-state index contributed by atoms with van der Waals surface area (Å²) in [5.41, 5.74) is 11.1. The number of ether oxygens (including phenoxy) is 2. The predicted molar refractivity (Wildman–Crippen MR) is 132 cm³/mol. The van der Waals surface area contributed by atoms with Gasteiger partial charge in [-0.3, -0.25) is 9.80 Å². The van der Waals surface area contributed by atoms with Gasteiger partial charge in [0.15, 0.2) is 0 Å². The fourth-order valence-electron chi connectivity index (χ4n) is 7.81. The Hall–Kier alpha value is -2.76. The first-order chi connectivity index (χ1) is 16.9. The summed E-state index contributed by atoms with van der Waals surface area (Å²) < 4.78 is 11.7. The summed E-state index contributed by atoms with van der Waals surface area (Å²) in [4.78, 5) is 5.45. The number of hydrogen-bond acceptors (Lipinski definition) is 4. The van der Waals surface area contributed by atoms with Crippen molar-refractivity contribution in [3.63, 3.8) is 0 Å². The quantitative estimate of drug-likeness (QED) is 0.592. The molecule has 3 aromatic carbocycles. The lowest BCUT2D eigenvalue weighted by molar-refractivity contribution is -0.0140. The van der Waals surface area contributed by atoms with Gasteiger partial charge in [-0.15, -0.1) is 0 Å². The lowest BCUT2D eigenvalue weighted by Crippen LogP contribution is -2.56. The van der Waals surface area contributed by atoms with E-state index in [1.54, 1.807) is 5.57 Å². The van der Waals surface area contributed by atoms with Crippen molar-refractivity contribution in [3.8, 4) is 0 Å². The van der Waals surface area contributed by atoms with Crippen molar-refractivity contribution in [3.05, 3.63) is 112 Å². The van der Waals surface area contributed by atoms with Crippen molar-refractivity contribution in [2.45, 2.75) is 11.1 Å². The van der Waals surface area contributed by atoms with E-state index < -0.39 is 0 Å². The van der Waals surface area contributed by atoms with Gasteiger partial charge in [0.05, 0.1) is 37.5 Å². The van der Waals surface area contributed by atoms with Crippen LogP contribution in [-0.2, 0) is 20.6 Å². The molecule has 0 radical (unpaired) electrons. The lowest BCUT2D eigenvalue weighted by atomic mass is 9.77. The highest BCUT2D eigenvalue weighted by Gasteiger charge is 2.69. The minimum atomic E-state index is -0.260. The molecule has 34 heavy (non-hydrogen) atoms. The molecule has 170 valence electrons. The zero-order valence-corrected chi connectivity index (χ0v) is 19.3. The van der Waals surface area contributed by atoms with E-state index in [9.17, 15) is 0 Å². The first kappa shape index (κ1) is 19.5. The first-order valence-corrected chi connectivity index (χ1v) is 12.6. The maximum Gasteiger partial charge on any atom is 0.0977 e. The summed E-state index contributed by atoms with van der Waals surface area (Å²) in [6, 6.07) is 27.6. The van der Waals surface area contributed by atoms with Crippen LogP contribution in [-0.4, -0.2) is 62.4 Å². The minimum absolute atomic E-state index is 0.260. The molecule has 0 spiro atoms.